The summed E-state index contributed by atoms with van der Waals surface area (Å²) < 4.78 is 5.39. The van der Waals surface area contributed by atoms with Crippen molar-refractivity contribution in [1.29, 1.82) is 0 Å². The molecular formula is C24H43NO2. The quantitative estimate of drug-likeness (QED) is 0.251. The molecule has 156 valence electrons. The third-order valence-corrected chi connectivity index (χ3v) is 4.55. The smallest absolute Gasteiger partial charge is 0.407 e. The molecule has 0 aliphatic carbocycles. The number of allylic oxidation sites excluding steroid dienone is 6. The second kappa shape index (κ2) is 16.6. The van der Waals surface area contributed by atoms with Gasteiger partial charge in [-0.1, -0.05) is 54.7 Å². The maximum atomic E-state index is 11.7. The minimum absolute atomic E-state index is 0.0440. The summed E-state index contributed by atoms with van der Waals surface area (Å²) in [5.41, 5.74) is 4.29. The molecule has 1 unspecified atom stereocenters. The Kier molecular flexibility index (Phi) is 15.7. The van der Waals surface area contributed by atoms with Crippen molar-refractivity contribution < 1.29 is 9.53 Å². The number of ether oxygens (including phenoxy) is 1. The maximum absolute atomic E-state index is 11.7. The number of rotatable bonds is 14. The van der Waals surface area contributed by atoms with E-state index in [0.717, 1.165) is 57.8 Å². The molecule has 0 aromatic rings. The van der Waals surface area contributed by atoms with Crippen molar-refractivity contribution in [2.24, 2.45) is 0 Å². The summed E-state index contributed by atoms with van der Waals surface area (Å²) >= 11 is 0. The van der Waals surface area contributed by atoms with Crippen LogP contribution in [0.3, 0.4) is 0 Å². The fourth-order valence-electron chi connectivity index (χ4n) is 2.75. The summed E-state index contributed by atoms with van der Waals surface area (Å²) in [4.78, 5) is 11.7. The molecule has 0 radical (unpaired) electrons. The lowest BCUT2D eigenvalue weighted by Gasteiger charge is -2.13. The van der Waals surface area contributed by atoms with Gasteiger partial charge in [-0.05, 0) is 79.6 Å². The van der Waals surface area contributed by atoms with Crippen LogP contribution in [0.5, 0.6) is 0 Å². The number of amides is 1. The average molecular weight is 378 g/mol. The van der Waals surface area contributed by atoms with E-state index < -0.39 is 0 Å². The van der Waals surface area contributed by atoms with Gasteiger partial charge in [-0.15, -0.1) is 0 Å². The van der Waals surface area contributed by atoms with Crippen LogP contribution in [0.1, 0.15) is 99.3 Å². The molecule has 0 saturated carbocycles. The van der Waals surface area contributed by atoms with Crippen molar-refractivity contribution in [3.63, 3.8) is 0 Å². The van der Waals surface area contributed by atoms with Crippen LogP contribution in [0.15, 0.2) is 34.9 Å². The van der Waals surface area contributed by atoms with Gasteiger partial charge in [0, 0.05) is 6.54 Å². The molecule has 1 amide bonds. The SMILES string of the molecule is CCCCCNC(=O)OC(C)CCC=C(C)CCC=C(C)CCC=C(C)C. The van der Waals surface area contributed by atoms with Gasteiger partial charge >= 0.3 is 6.09 Å². The van der Waals surface area contributed by atoms with Gasteiger partial charge in [-0.25, -0.2) is 4.79 Å². The molecule has 0 heterocycles. The van der Waals surface area contributed by atoms with Gasteiger partial charge in [0.2, 0.25) is 0 Å². The van der Waals surface area contributed by atoms with Crippen LogP contribution in [0.25, 0.3) is 0 Å². The Morgan fingerprint density at radius 2 is 1.52 bits per heavy atom. The highest BCUT2D eigenvalue weighted by Gasteiger charge is 2.07. The van der Waals surface area contributed by atoms with Crippen LogP contribution in [-0.2, 0) is 4.74 Å². The number of hydrogen-bond acceptors (Lipinski definition) is 2. The van der Waals surface area contributed by atoms with Crippen molar-refractivity contribution in [1.82, 2.24) is 5.32 Å². The summed E-state index contributed by atoms with van der Waals surface area (Å²) in [7, 11) is 0. The van der Waals surface area contributed by atoms with Crippen LogP contribution in [0.2, 0.25) is 0 Å². The van der Waals surface area contributed by atoms with Crippen molar-refractivity contribution in [2.75, 3.05) is 6.54 Å². The van der Waals surface area contributed by atoms with Crippen LogP contribution >= 0.6 is 0 Å². The number of hydrogen-bond donors (Lipinski definition) is 1. The Labute approximate surface area is 168 Å². The summed E-state index contributed by atoms with van der Waals surface area (Å²) in [6.45, 7) is 13.5. The molecule has 1 N–H and O–H groups in total. The van der Waals surface area contributed by atoms with Gasteiger partial charge in [0.25, 0.3) is 0 Å². The van der Waals surface area contributed by atoms with Crippen molar-refractivity contribution >= 4 is 6.09 Å². The van der Waals surface area contributed by atoms with E-state index >= 15 is 0 Å². The van der Waals surface area contributed by atoms with Gasteiger partial charge in [0.05, 0.1) is 0 Å². The zero-order chi connectivity index (χ0) is 20.5. The van der Waals surface area contributed by atoms with E-state index in [4.69, 9.17) is 4.74 Å². The third-order valence-electron chi connectivity index (χ3n) is 4.55. The number of nitrogens with one attached hydrogen (secondary N) is 1. The third kappa shape index (κ3) is 17.7. The fourth-order valence-corrected chi connectivity index (χ4v) is 2.75. The normalized spacial score (nSPS) is 13.3. The zero-order valence-electron chi connectivity index (χ0n) is 18.7. The number of unbranched alkanes of at least 4 members (excludes halogenated alkanes) is 2. The highest BCUT2D eigenvalue weighted by molar-refractivity contribution is 5.67. The van der Waals surface area contributed by atoms with Crippen molar-refractivity contribution in [3.8, 4) is 0 Å². The lowest BCUT2D eigenvalue weighted by molar-refractivity contribution is 0.103. The molecule has 3 heteroatoms. The molecule has 0 spiro atoms. The molecule has 0 aliphatic rings. The standard InChI is InChI=1S/C24H43NO2/c1-7-8-9-19-25-24(26)27-23(6)18-12-17-22(5)16-11-15-21(4)14-10-13-20(2)3/h13,15,17,23H,7-12,14,16,18-19H2,1-6H3,(H,25,26). The predicted molar refractivity (Wildman–Crippen MR) is 118 cm³/mol. The van der Waals surface area contributed by atoms with Crippen molar-refractivity contribution in [3.05, 3.63) is 34.9 Å². The van der Waals surface area contributed by atoms with Crippen LogP contribution < -0.4 is 5.32 Å². The first-order valence-electron chi connectivity index (χ1n) is 10.7. The summed E-state index contributed by atoms with van der Waals surface area (Å²) in [5, 5.41) is 2.82. The molecule has 0 aliphatic heterocycles. The topological polar surface area (TPSA) is 38.3 Å². The molecule has 0 fully saturated rings. The highest BCUT2D eigenvalue weighted by Crippen LogP contribution is 2.13. The Balaban J connectivity index is 3.90. The lowest BCUT2D eigenvalue weighted by Crippen LogP contribution is -2.28. The second-order valence-electron chi connectivity index (χ2n) is 7.89. The van der Waals surface area contributed by atoms with Gasteiger partial charge in [-0.2, -0.15) is 0 Å². The zero-order valence-corrected chi connectivity index (χ0v) is 18.7. The Bertz CT molecular complexity index is 485. The van der Waals surface area contributed by atoms with Gasteiger partial charge in [-0.3, -0.25) is 0 Å². The first kappa shape index (κ1) is 25.5. The second-order valence-corrected chi connectivity index (χ2v) is 7.89. The highest BCUT2D eigenvalue weighted by atomic mass is 16.6. The molecule has 0 bridgehead atoms. The largest absolute Gasteiger partial charge is 0.447 e. The Morgan fingerprint density at radius 1 is 0.926 bits per heavy atom. The Hall–Kier alpha value is -1.51. The molecule has 0 aromatic carbocycles. The first-order valence-corrected chi connectivity index (χ1v) is 10.7. The first-order chi connectivity index (χ1) is 12.8. The number of carbonyl (C=O) groups excluding carboxylic acids is 1. The summed E-state index contributed by atoms with van der Waals surface area (Å²) in [5.74, 6) is 0. The number of carbonyl (C=O) groups is 1. The molecule has 0 saturated heterocycles. The van der Waals surface area contributed by atoms with Gasteiger partial charge in [0.1, 0.15) is 6.10 Å². The molecule has 0 rings (SSSR count). The van der Waals surface area contributed by atoms with E-state index in [-0.39, 0.29) is 12.2 Å². The fraction of sp³-hybridized carbons (Fsp3) is 0.708. The lowest BCUT2D eigenvalue weighted by atomic mass is 10.1. The summed E-state index contributed by atoms with van der Waals surface area (Å²) in [6, 6.07) is 0. The summed E-state index contributed by atoms with van der Waals surface area (Å²) in [6.07, 6.45) is 16.3. The van der Waals surface area contributed by atoms with Gasteiger partial charge < -0.3 is 10.1 Å². The van der Waals surface area contributed by atoms with E-state index in [9.17, 15) is 4.79 Å². The van der Waals surface area contributed by atoms with Crippen LogP contribution in [-0.4, -0.2) is 18.7 Å². The Morgan fingerprint density at radius 3 is 2.11 bits per heavy atom. The van der Waals surface area contributed by atoms with Gasteiger partial charge in [0.15, 0.2) is 0 Å². The minimum Gasteiger partial charge on any atom is -0.447 e. The molecular weight excluding hydrogens is 334 g/mol. The van der Waals surface area contributed by atoms with E-state index in [1.807, 2.05) is 6.92 Å². The van der Waals surface area contributed by atoms with E-state index in [1.54, 1.807) is 0 Å². The average Bonchev–Trinajstić information content (AvgIpc) is 2.58. The monoisotopic (exact) mass is 377 g/mol. The molecule has 1 atom stereocenters. The van der Waals surface area contributed by atoms with Crippen LogP contribution in [0, 0.1) is 0 Å². The van der Waals surface area contributed by atoms with E-state index in [0.29, 0.717) is 6.54 Å². The predicted octanol–water partition coefficient (Wildman–Crippen LogP) is 7.49. The minimum atomic E-state index is -0.284. The molecule has 27 heavy (non-hydrogen) atoms. The number of alkyl carbamates (subject to hydrolysis) is 1. The van der Waals surface area contributed by atoms with Crippen LogP contribution in [0.4, 0.5) is 4.79 Å². The molecule has 3 nitrogen and oxygen atoms in total. The maximum Gasteiger partial charge on any atom is 0.407 e. The van der Waals surface area contributed by atoms with Crippen molar-refractivity contribution in [2.45, 2.75) is 105 Å². The molecule has 0 aromatic heterocycles. The van der Waals surface area contributed by atoms with E-state index in [1.165, 1.54) is 16.7 Å². The van der Waals surface area contributed by atoms with E-state index in [2.05, 4.69) is 58.2 Å².